The van der Waals surface area contributed by atoms with Crippen LogP contribution in [-0.2, 0) is 82.6 Å². The largest absolute Gasteiger partial charge is 0.379 e. The van der Waals surface area contributed by atoms with E-state index in [2.05, 4.69) is 37.9 Å². The quantitative estimate of drug-likeness (QED) is 0.0277. The Morgan fingerprint density at radius 3 is 1.92 bits per heavy atom. The molecule has 91 heavy (non-hydrogen) atoms. The number of primary amides is 1. The molecule has 3 rings (SSSR count). The molecule has 512 valence electrons. The molecule has 2 aliphatic rings. The van der Waals surface area contributed by atoms with Crippen LogP contribution in [0, 0.1) is 23.7 Å². The van der Waals surface area contributed by atoms with E-state index in [0.29, 0.717) is 25.8 Å². The summed E-state index contributed by atoms with van der Waals surface area (Å²) in [6, 6.07) is -0.0286. The number of amides is 11. The molecular weight excluding hydrogens is 1200 g/mol. The summed E-state index contributed by atoms with van der Waals surface area (Å²) in [6.07, 6.45) is 2.35. The molecule has 29 heteroatoms. The summed E-state index contributed by atoms with van der Waals surface area (Å²) in [7, 11) is 3.84. The molecule has 1 aromatic rings. The Labute approximate surface area is 536 Å². The van der Waals surface area contributed by atoms with E-state index < -0.39 is 112 Å². The number of hydrogen-bond acceptors (Lipinski definition) is 18. The molecule has 1 aromatic carbocycles. The molecule has 2 aliphatic heterocycles. The molecule has 8 N–H and O–H groups in total. The molecule has 10 atom stereocenters. The first kappa shape index (κ1) is 78.4. The summed E-state index contributed by atoms with van der Waals surface area (Å²) in [6.45, 7) is 19.9. The lowest BCUT2D eigenvalue weighted by Gasteiger charge is -2.41. The van der Waals surface area contributed by atoms with E-state index in [9.17, 15) is 56.4 Å². The van der Waals surface area contributed by atoms with Crippen molar-refractivity contribution in [3.05, 3.63) is 54.1 Å². The molecule has 0 unspecified atom stereocenters. The first-order valence-corrected chi connectivity index (χ1v) is 32.6. The number of carbonyl (C=O) groups excluding carboxylic acids is 10. The number of nitrogens with one attached hydrogen (secondary N) is 6. The van der Waals surface area contributed by atoms with Crippen molar-refractivity contribution in [3.8, 4) is 0 Å². The summed E-state index contributed by atoms with van der Waals surface area (Å²) >= 11 is 0. The third-order valence-corrected chi connectivity index (χ3v) is 17.2. The van der Waals surface area contributed by atoms with Crippen molar-refractivity contribution in [2.45, 2.75) is 155 Å². The number of sulfonamides is 1. The zero-order valence-corrected chi connectivity index (χ0v) is 56.2. The van der Waals surface area contributed by atoms with Crippen LogP contribution in [-0.4, -0.2) is 230 Å². The first-order chi connectivity index (χ1) is 42.9. The molecule has 1 fully saturated rings. The van der Waals surface area contributed by atoms with Gasteiger partial charge in [-0.15, -0.1) is 0 Å². The van der Waals surface area contributed by atoms with Gasteiger partial charge < -0.3 is 65.8 Å². The highest BCUT2D eigenvalue weighted by molar-refractivity contribution is 7.89. The lowest BCUT2D eigenvalue weighted by atomic mass is 9.89. The third-order valence-electron chi connectivity index (χ3n) is 16.0. The number of nitrogens with two attached hydrogens (primary N) is 1. The predicted octanol–water partition coefficient (Wildman–Crippen LogP) is 1.58. The van der Waals surface area contributed by atoms with Gasteiger partial charge in [-0.1, -0.05) is 73.6 Å². The second-order valence-electron chi connectivity index (χ2n) is 24.0. The van der Waals surface area contributed by atoms with E-state index in [-0.39, 0.29) is 131 Å². The number of nitrogens with zero attached hydrogens (tertiary/aromatic N) is 4. The van der Waals surface area contributed by atoms with Crippen LogP contribution in [0.5, 0.6) is 0 Å². The van der Waals surface area contributed by atoms with Crippen molar-refractivity contribution in [2.75, 3.05) is 100.0 Å². The van der Waals surface area contributed by atoms with Gasteiger partial charge in [0, 0.05) is 58.6 Å². The fraction of sp³-hybridized carbons (Fsp3) is 0.677. The summed E-state index contributed by atoms with van der Waals surface area (Å²) in [5.41, 5.74) is 5.94. The Morgan fingerprint density at radius 1 is 0.780 bits per heavy atom. The summed E-state index contributed by atoms with van der Waals surface area (Å²) < 4.78 is 57.6. The van der Waals surface area contributed by atoms with Gasteiger partial charge in [-0.25, -0.2) is 13.2 Å². The fourth-order valence-electron chi connectivity index (χ4n) is 11.0. The lowest BCUT2D eigenvalue weighted by molar-refractivity contribution is -0.148. The van der Waals surface area contributed by atoms with Crippen molar-refractivity contribution in [1.29, 1.82) is 0 Å². The maximum atomic E-state index is 14.4. The van der Waals surface area contributed by atoms with Gasteiger partial charge >= 0.3 is 6.03 Å². The molecule has 28 nitrogen and oxygen atoms in total. The van der Waals surface area contributed by atoms with Crippen molar-refractivity contribution in [3.63, 3.8) is 0 Å². The minimum absolute atomic E-state index is 0.0105. The summed E-state index contributed by atoms with van der Waals surface area (Å²) in [5.74, 6) is -6.61. The van der Waals surface area contributed by atoms with Gasteiger partial charge in [0.25, 0.3) is 11.8 Å². The Kier molecular flexibility index (Phi) is 33.4. The number of rotatable bonds is 42. The zero-order chi connectivity index (χ0) is 68.3. The van der Waals surface area contributed by atoms with Crippen LogP contribution in [0.2, 0.25) is 0 Å². The van der Waals surface area contributed by atoms with Gasteiger partial charge in [-0.05, 0) is 87.7 Å². The van der Waals surface area contributed by atoms with Gasteiger partial charge in [0.05, 0.1) is 94.6 Å². The Hall–Kier alpha value is -6.89. The van der Waals surface area contributed by atoms with E-state index >= 15 is 0 Å². The van der Waals surface area contributed by atoms with E-state index in [4.69, 9.17) is 29.4 Å². The number of benzene rings is 1. The minimum Gasteiger partial charge on any atom is -0.379 e. The van der Waals surface area contributed by atoms with Gasteiger partial charge in [-0.3, -0.25) is 57.7 Å². The normalized spacial score (nSPS) is 17.2. The summed E-state index contributed by atoms with van der Waals surface area (Å²) in [4.78, 5) is 137. The highest BCUT2D eigenvalue weighted by atomic mass is 32.2. The highest BCUT2D eigenvalue weighted by Gasteiger charge is 2.44. The number of hydrogen-bond donors (Lipinski definition) is 7. The van der Waals surface area contributed by atoms with Crippen LogP contribution in [0.25, 0.3) is 0 Å². The monoisotopic (exact) mass is 1300 g/mol. The average Bonchev–Trinajstić information content (AvgIpc) is 1.90. The van der Waals surface area contributed by atoms with E-state index in [1.54, 1.807) is 16.8 Å². The SMILES string of the molecule is C=C(C)[C@H](NC(=O)CCOCCOCCOCCN1C(=O)C=CC1=O)C(=O)N[C@@H](CCCNC(N)=O)C(=O)Nc1ccc(CS(=O)(=O)NC(=O)[C@H](C)[C@@H](OC)[C@@H]2CCCN2C(=O)C[C@@H](OC)[C@H]([C@@H](C)CC)N(C)C(=O)[C@@H](NC(=O)[C@H](C(C)C)N(C)C)C(C)C)cc1. The van der Waals surface area contributed by atoms with Gasteiger partial charge in [0.2, 0.25) is 51.4 Å². The molecule has 1 saturated heterocycles. The number of likely N-dealkylation sites (tertiary alicyclic amines) is 1. The summed E-state index contributed by atoms with van der Waals surface area (Å²) in [5, 5.41) is 13.4. The molecule has 0 aromatic heterocycles. The number of methoxy groups -OCH3 is 2. The second kappa shape index (κ2) is 38.8. The van der Waals surface area contributed by atoms with E-state index in [0.717, 1.165) is 4.90 Å². The predicted molar refractivity (Wildman–Crippen MR) is 339 cm³/mol. The van der Waals surface area contributed by atoms with Gasteiger partial charge in [0.1, 0.15) is 18.1 Å². The van der Waals surface area contributed by atoms with Gasteiger partial charge in [0.15, 0.2) is 0 Å². The molecular formula is C62H101N11O17S. The molecule has 0 saturated carbocycles. The van der Waals surface area contributed by atoms with Crippen molar-refractivity contribution in [1.82, 2.24) is 45.6 Å². The maximum Gasteiger partial charge on any atom is 0.312 e. The van der Waals surface area contributed by atoms with Crippen molar-refractivity contribution < 1.29 is 80.0 Å². The fourth-order valence-corrected chi connectivity index (χ4v) is 12.2. The molecule has 0 spiro atoms. The second-order valence-corrected chi connectivity index (χ2v) is 25.7. The number of carbonyl (C=O) groups is 10. The lowest BCUT2D eigenvalue weighted by Crippen LogP contribution is -2.59. The molecule has 0 aliphatic carbocycles. The van der Waals surface area contributed by atoms with Crippen LogP contribution < -0.4 is 37.0 Å². The topological polar surface area (TPSA) is 362 Å². The van der Waals surface area contributed by atoms with Crippen LogP contribution in [0.3, 0.4) is 0 Å². The Morgan fingerprint density at radius 2 is 1.38 bits per heavy atom. The molecule has 0 radical (unpaired) electrons. The van der Waals surface area contributed by atoms with E-state index in [1.807, 2.05) is 60.5 Å². The molecule has 11 amide bonds. The average molecular weight is 1300 g/mol. The van der Waals surface area contributed by atoms with Crippen molar-refractivity contribution in [2.24, 2.45) is 29.4 Å². The molecule has 2 heterocycles. The maximum absolute atomic E-state index is 14.4. The van der Waals surface area contributed by atoms with Gasteiger partial charge in [-0.2, -0.15) is 0 Å². The minimum atomic E-state index is -4.34. The Bertz CT molecular complexity index is 2740. The van der Waals surface area contributed by atoms with E-state index in [1.165, 1.54) is 64.5 Å². The smallest absolute Gasteiger partial charge is 0.312 e. The van der Waals surface area contributed by atoms with Crippen LogP contribution in [0.4, 0.5) is 10.5 Å². The number of urea groups is 1. The zero-order valence-electron chi connectivity index (χ0n) is 55.3. The van der Waals surface area contributed by atoms with Crippen LogP contribution in [0.15, 0.2) is 48.6 Å². The number of likely N-dealkylation sites (N-methyl/N-ethyl adjacent to an activating group) is 2. The number of anilines is 1. The number of ether oxygens (including phenoxy) is 5. The van der Waals surface area contributed by atoms with Crippen LogP contribution in [0.1, 0.15) is 106 Å². The highest BCUT2D eigenvalue weighted by Crippen LogP contribution is 2.30. The van der Waals surface area contributed by atoms with Crippen molar-refractivity contribution >= 4 is 74.9 Å². The standard InChI is InChI=1S/C62H101N11O17S/c1-15-41(8)55(71(12)61(82)53(39(4)5)68-60(81)54(40(6)7)70(10)11)47(86-13)36-51(77)72-28-17-19-46(72)56(87-14)42(9)57(78)69-91(84,85)37-43-20-22-44(23-21-43)65-58(79)45(18-16-27-64-62(63)83)66-59(80)52(38(2)3)67-48(74)26-30-88-32-34-90-35-33-89-31-29-73-49(75)24-25-50(73)76/h20-25,39-42,45-47,52-56H,2,15-19,26-37H2,1,3-14H3,(H,65,79)(H,66,80)(H,67,74)(H,68,81)(H,69,78)(H3,63,64,83)/t41-,42+,45-,46-,47+,52-,53-,54-,55-,56+/m0/s1. The third kappa shape index (κ3) is 25.3. The molecule has 0 bridgehead atoms. The number of imide groups is 1. The first-order valence-electron chi connectivity index (χ1n) is 31.0. The Balaban J connectivity index is 1.61. The van der Waals surface area contributed by atoms with Crippen LogP contribution >= 0.6 is 0 Å².